The number of alkyl halides is 2. The highest BCUT2D eigenvalue weighted by Gasteiger charge is 2.14. The number of rotatable bonds is 7. The first-order valence-corrected chi connectivity index (χ1v) is 7.97. The average Bonchev–Trinajstić information content (AvgIpc) is 2.66. The van der Waals surface area contributed by atoms with Crippen molar-refractivity contribution in [1.82, 2.24) is 5.43 Å². The number of amides is 1. The summed E-state index contributed by atoms with van der Waals surface area (Å²) in [5.74, 6) is 0.377. The highest BCUT2D eigenvalue weighted by atomic mass is 19.3. The van der Waals surface area contributed by atoms with E-state index in [0.717, 1.165) is 5.56 Å². The topological polar surface area (TPSA) is 69.2 Å². The number of halogens is 2. The molecule has 2 aromatic rings. The summed E-state index contributed by atoms with van der Waals surface area (Å²) in [7, 11) is 2.95. The number of nitrogens with one attached hydrogen (secondary N) is 1. The van der Waals surface area contributed by atoms with Crippen LogP contribution in [0.2, 0.25) is 0 Å². The molecule has 6 nitrogen and oxygen atoms in total. The summed E-state index contributed by atoms with van der Waals surface area (Å²) in [6.45, 7) is 0.432. The van der Waals surface area contributed by atoms with Crippen molar-refractivity contribution in [2.75, 3.05) is 14.2 Å². The van der Waals surface area contributed by atoms with Gasteiger partial charge >= 0.3 is 6.61 Å². The SMILES string of the molecule is COc1cc(OC)cc(C(=O)N/N=C(/C)c2cc(C)ccc2OC(F)F)c1. The largest absolute Gasteiger partial charge is 0.497 e. The molecule has 0 atom stereocenters. The van der Waals surface area contributed by atoms with Gasteiger partial charge in [0.2, 0.25) is 0 Å². The van der Waals surface area contributed by atoms with E-state index in [0.29, 0.717) is 22.8 Å². The Balaban J connectivity index is 2.25. The molecule has 0 unspecified atom stereocenters. The van der Waals surface area contributed by atoms with Crippen LogP contribution in [0.4, 0.5) is 8.78 Å². The van der Waals surface area contributed by atoms with E-state index in [-0.39, 0.29) is 11.3 Å². The molecule has 0 aliphatic rings. The lowest BCUT2D eigenvalue weighted by Crippen LogP contribution is -2.20. The first-order chi connectivity index (χ1) is 12.8. The number of aryl methyl sites for hydroxylation is 1. The number of hydrogen-bond acceptors (Lipinski definition) is 5. The van der Waals surface area contributed by atoms with Gasteiger partial charge in [-0.05, 0) is 38.1 Å². The van der Waals surface area contributed by atoms with Gasteiger partial charge in [-0.15, -0.1) is 0 Å². The van der Waals surface area contributed by atoms with Crippen LogP contribution in [-0.2, 0) is 0 Å². The summed E-state index contributed by atoms with van der Waals surface area (Å²) in [6, 6.07) is 9.42. The van der Waals surface area contributed by atoms with Crippen LogP contribution in [-0.4, -0.2) is 32.4 Å². The molecule has 0 heterocycles. The Hall–Kier alpha value is -3.16. The Kier molecular flexibility index (Phi) is 6.70. The van der Waals surface area contributed by atoms with Crippen molar-refractivity contribution >= 4 is 11.6 Å². The molecule has 0 saturated heterocycles. The summed E-state index contributed by atoms with van der Waals surface area (Å²) in [5, 5.41) is 4.00. The highest BCUT2D eigenvalue weighted by molar-refractivity contribution is 6.03. The zero-order chi connectivity index (χ0) is 20.0. The van der Waals surface area contributed by atoms with Crippen molar-refractivity contribution < 1.29 is 27.8 Å². The molecule has 0 aliphatic carbocycles. The van der Waals surface area contributed by atoms with Gasteiger partial charge in [0.25, 0.3) is 5.91 Å². The van der Waals surface area contributed by atoms with Gasteiger partial charge in [-0.2, -0.15) is 13.9 Å². The summed E-state index contributed by atoms with van der Waals surface area (Å²) in [6.07, 6.45) is 0. The molecular formula is C19H20F2N2O4. The van der Waals surface area contributed by atoms with Crippen LogP contribution in [0.15, 0.2) is 41.5 Å². The fourth-order valence-corrected chi connectivity index (χ4v) is 2.32. The van der Waals surface area contributed by atoms with Crippen molar-refractivity contribution in [2.45, 2.75) is 20.5 Å². The van der Waals surface area contributed by atoms with Gasteiger partial charge in [-0.25, -0.2) is 5.43 Å². The van der Waals surface area contributed by atoms with Gasteiger partial charge in [0, 0.05) is 17.2 Å². The zero-order valence-corrected chi connectivity index (χ0v) is 15.4. The monoisotopic (exact) mass is 378 g/mol. The van der Waals surface area contributed by atoms with Crippen molar-refractivity contribution in [3.05, 3.63) is 53.1 Å². The third-order valence-corrected chi connectivity index (χ3v) is 3.68. The van der Waals surface area contributed by atoms with Crippen LogP contribution < -0.4 is 19.6 Å². The lowest BCUT2D eigenvalue weighted by Gasteiger charge is -2.12. The minimum Gasteiger partial charge on any atom is -0.497 e. The van der Waals surface area contributed by atoms with Gasteiger partial charge in [-0.1, -0.05) is 11.6 Å². The van der Waals surface area contributed by atoms with Crippen LogP contribution in [0.1, 0.15) is 28.4 Å². The van der Waals surface area contributed by atoms with Gasteiger partial charge in [0.15, 0.2) is 0 Å². The maximum atomic E-state index is 12.6. The Morgan fingerprint density at radius 2 is 1.70 bits per heavy atom. The standard InChI is InChI=1S/C19H20F2N2O4/c1-11-5-6-17(27-19(20)21)16(7-11)12(2)22-23-18(24)13-8-14(25-3)10-15(9-13)26-4/h5-10,19H,1-4H3,(H,23,24)/b22-12-. The summed E-state index contributed by atoms with van der Waals surface area (Å²) in [5.41, 5.74) is 4.18. The smallest absolute Gasteiger partial charge is 0.387 e. The molecular weight excluding hydrogens is 358 g/mol. The van der Waals surface area contributed by atoms with Crippen LogP contribution >= 0.6 is 0 Å². The van der Waals surface area contributed by atoms with Crippen LogP contribution in [0, 0.1) is 6.92 Å². The minimum atomic E-state index is -2.96. The van der Waals surface area contributed by atoms with Crippen molar-refractivity contribution in [2.24, 2.45) is 5.10 Å². The molecule has 0 fully saturated rings. The van der Waals surface area contributed by atoms with E-state index in [1.165, 1.54) is 32.4 Å². The molecule has 27 heavy (non-hydrogen) atoms. The number of benzene rings is 2. The second kappa shape index (κ2) is 8.98. The Morgan fingerprint density at radius 1 is 1.07 bits per heavy atom. The van der Waals surface area contributed by atoms with Gasteiger partial charge in [-0.3, -0.25) is 4.79 Å². The Bertz CT molecular complexity index is 831. The van der Waals surface area contributed by atoms with Gasteiger partial charge < -0.3 is 14.2 Å². The summed E-state index contributed by atoms with van der Waals surface area (Å²) < 4.78 is 39.9. The molecule has 0 aliphatic heterocycles. The van der Waals surface area contributed by atoms with Crippen molar-refractivity contribution in [1.29, 1.82) is 0 Å². The summed E-state index contributed by atoms with van der Waals surface area (Å²) >= 11 is 0. The molecule has 0 saturated carbocycles. The van der Waals surface area contributed by atoms with Crippen LogP contribution in [0.25, 0.3) is 0 Å². The molecule has 0 radical (unpaired) electrons. The van der Waals surface area contributed by atoms with Gasteiger partial charge in [0.1, 0.15) is 17.2 Å². The number of hydrogen-bond donors (Lipinski definition) is 1. The van der Waals surface area contributed by atoms with Gasteiger partial charge in [0.05, 0.1) is 19.9 Å². The first kappa shape index (κ1) is 20.2. The average molecular weight is 378 g/mol. The second-order valence-electron chi connectivity index (χ2n) is 5.62. The third-order valence-electron chi connectivity index (χ3n) is 3.68. The first-order valence-electron chi connectivity index (χ1n) is 7.97. The van der Waals surface area contributed by atoms with E-state index in [2.05, 4.69) is 15.3 Å². The molecule has 2 aromatic carbocycles. The number of carbonyl (C=O) groups is 1. The molecule has 0 spiro atoms. The van der Waals surface area contributed by atoms with Crippen molar-refractivity contribution in [3.63, 3.8) is 0 Å². The summed E-state index contributed by atoms with van der Waals surface area (Å²) in [4.78, 5) is 12.4. The highest BCUT2D eigenvalue weighted by Crippen LogP contribution is 2.24. The number of nitrogens with zero attached hydrogens (tertiary/aromatic N) is 1. The fourth-order valence-electron chi connectivity index (χ4n) is 2.32. The normalized spacial score (nSPS) is 11.3. The van der Waals surface area contributed by atoms with Crippen LogP contribution in [0.3, 0.4) is 0 Å². The van der Waals surface area contributed by atoms with E-state index in [1.807, 2.05) is 6.92 Å². The molecule has 144 valence electrons. The quantitative estimate of drug-likeness (QED) is 0.588. The maximum Gasteiger partial charge on any atom is 0.387 e. The molecule has 0 bridgehead atoms. The molecule has 8 heteroatoms. The Morgan fingerprint density at radius 3 is 2.26 bits per heavy atom. The number of hydrazone groups is 1. The van der Waals surface area contributed by atoms with E-state index >= 15 is 0 Å². The molecule has 1 amide bonds. The number of methoxy groups -OCH3 is 2. The van der Waals surface area contributed by atoms with E-state index < -0.39 is 12.5 Å². The van der Waals surface area contributed by atoms with E-state index in [1.54, 1.807) is 25.1 Å². The lowest BCUT2D eigenvalue weighted by atomic mass is 10.1. The van der Waals surface area contributed by atoms with E-state index in [9.17, 15) is 13.6 Å². The lowest BCUT2D eigenvalue weighted by molar-refractivity contribution is -0.0499. The van der Waals surface area contributed by atoms with E-state index in [4.69, 9.17) is 9.47 Å². The van der Waals surface area contributed by atoms with Crippen LogP contribution in [0.5, 0.6) is 17.2 Å². The van der Waals surface area contributed by atoms with Crippen molar-refractivity contribution in [3.8, 4) is 17.2 Å². The second-order valence-corrected chi connectivity index (χ2v) is 5.62. The molecule has 1 N–H and O–H groups in total. The fraction of sp³-hybridized carbons (Fsp3) is 0.263. The molecule has 0 aromatic heterocycles. The maximum absolute atomic E-state index is 12.6. The molecule has 2 rings (SSSR count). The predicted octanol–water partition coefficient (Wildman–Crippen LogP) is 3.77. The third kappa shape index (κ3) is 5.40. The number of carbonyl (C=O) groups excluding carboxylic acids is 1. The predicted molar refractivity (Wildman–Crippen MR) is 97.0 cm³/mol. The zero-order valence-electron chi connectivity index (χ0n) is 15.4. The number of ether oxygens (including phenoxy) is 3. The Labute approximate surface area is 155 Å². The minimum absolute atomic E-state index is 0.0193.